The maximum Gasteiger partial charge on any atom is 0.416 e. The van der Waals surface area contributed by atoms with Crippen LogP contribution >= 0.6 is 0 Å². The molecule has 1 heterocycles. The van der Waals surface area contributed by atoms with Gasteiger partial charge in [0.05, 0.1) is 10.5 Å². The van der Waals surface area contributed by atoms with E-state index in [1.54, 1.807) is 0 Å². The zero-order valence-corrected chi connectivity index (χ0v) is 16.0. The molecule has 1 aliphatic heterocycles. The third kappa shape index (κ3) is 4.88. The first-order chi connectivity index (χ1) is 13.6. The molecule has 1 amide bonds. The van der Waals surface area contributed by atoms with Gasteiger partial charge in [0.2, 0.25) is 15.9 Å². The Bertz CT molecular complexity index is 966. The van der Waals surface area contributed by atoms with Gasteiger partial charge in [-0.3, -0.25) is 4.79 Å². The number of halogens is 3. The standard InChI is InChI=1S/C19H19F3N2O4S/c20-19(21,22)14-1-3-15(4-2-14)28-16-5-7-17(8-6-16)29(26,27)24-11-9-13(10-12-24)18(23)25/h1-8,13H,9-12H2,(H2,23,25). The summed E-state index contributed by atoms with van der Waals surface area (Å²) < 4.78 is 70.0. The Labute approximate surface area is 166 Å². The third-order valence-electron chi connectivity index (χ3n) is 4.74. The molecule has 6 nitrogen and oxygen atoms in total. The minimum absolute atomic E-state index is 0.0646. The number of hydrogen-bond acceptors (Lipinski definition) is 4. The second kappa shape index (κ2) is 8.03. The number of ether oxygens (including phenoxy) is 1. The van der Waals surface area contributed by atoms with Crippen molar-refractivity contribution in [3.05, 3.63) is 54.1 Å². The van der Waals surface area contributed by atoms with E-state index in [-0.39, 0.29) is 35.4 Å². The second-order valence-electron chi connectivity index (χ2n) is 6.68. The van der Waals surface area contributed by atoms with Gasteiger partial charge in [0.25, 0.3) is 0 Å². The zero-order valence-electron chi connectivity index (χ0n) is 15.2. The van der Waals surface area contributed by atoms with Gasteiger partial charge in [0.1, 0.15) is 11.5 Å². The molecule has 2 aromatic carbocycles. The summed E-state index contributed by atoms with van der Waals surface area (Å²) in [4.78, 5) is 11.3. The highest BCUT2D eigenvalue weighted by atomic mass is 32.2. The van der Waals surface area contributed by atoms with Crippen LogP contribution in [0.15, 0.2) is 53.4 Å². The van der Waals surface area contributed by atoms with E-state index < -0.39 is 27.7 Å². The Kier molecular flexibility index (Phi) is 5.85. The number of hydrogen-bond donors (Lipinski definition) is 1. The minimum atomic E-state index is -4.43. The van der Waals surface area contributed by atoms with Gasteiger partial charge in [0, 0.05) is 19.0 Å². The van der Waals surface area contributed by atoms with Crippen LogP contribution in [0.4, 0.5) is 13.2 Å². The van der Waals surface area contributed by atoms with Crippen LogP contribution < -0.4 is 10.5 Å². The van der Waals surface area contributed by atoms with Crippen molar-refractivity contribution in [2.45, 2.75) is 23.9 Å². The van der Waals surface area contributed by atoms with E-state index in [0.717, 1.165) is 12.1 Å². The van der Waals surface area contributed by atoms with Crippen LogP contribution in [0.5, 0.6) is 11.5 Å². The lowest BCUT2D eigenvalue weighted by atomic mass is 9.98. The predicted molar refractivity (Wildman–Crippen MR) is 98.6 cm³/mol. The van der Waals surface area contributed by atoms with Gasteiger partial charge < -0.3 is 10.5 Å². The number of carbonyl (C=O) groups excluding carboxylic acids is 1. The number of amides is 1. The maximum absolute atomic E-state index is 12.7. The van der Waals surface area contributed by atoms with Crippen molar-refractivity contribution in [3.8, 4) is 11.5 Å². The third-order valence-corrected chi connectivity index (χ3v) is 6.65. The highest BCUT2D eigenvalue weighted by Gasteiger charge is 2.31. The lowest BCUT2D eigenvalue weighted by molar-refractivity contribution is -0.137. The number of rotatable bonds is 5. The summed E-state index contributed by atoms with van der Waals surface area (Å²) >= 11 is 0. The summed E-state index contributed by atoms with van der Waals surface area (Å²) in [6, 6.07) is 9.80. The molecule has 0 spiro atoms. The number of piperidine rings is 1. The molecule has 156 valence electrons. The highest BCUT2D eigenvalue weighted by molar-refractivity contribution is 7.89. The van der Waals surface area contributed by atoms with Crippen molar-refractivity contribution in [1.29, 1.82) is 0 Å². The topological polar surface area (TPSA) is 89.7 Å². The van der Waals surface area contributed by atoms with Crippen LogP contribution in [0.1, 0.15) is 18.4 Å². The van der Waals surface area contributed by atoms with E-state index in [1.807, 2.05) is 0 Å². The van der Waals surface area contributed by atoms with Crippen molar-refractivity contribution in [2.75, 3.05) is 13.1 Å². The molecule has 3 rings (SSSR count). The fourth-order valence-corrected chi connectivity index (χ4v) is 4.53. The van der Waals surface area contributed by atoms with Crippen LogP contribution in [-0.2, 0) is 21.0 Å². The second-order valence-corrected chi connectivity index (χ2v) is 8.61. The van der Waals surface area contributed by atoms with Gasteiger partial charge in [0.15, 0.2) is 0 Å². The van der Waals surface area contributed by atoms with Crippen LogP contribution in [0, 0.1) is 5.92 Å². The van der Waals surface area contributed by atoms with Crippen LogP contribution in [0.2, 0.25) is 0 Å². The lowest BCUT2D eigenvalue weighted by Gasteiger charge is -2.29. The van der Waals surface area contributed by atoms with Crippen molar-refractivity contribution >= 4 is 15.9 Å². The largest absolute Gasteiger partial charge is 0.457 e. The molecule has 0 bridgehead atoms. The molecule has 0 atom stereocenters. The number of nitrogens with zero attached hydrogens (tertiary/aromatic N) is 1. The molecule has 1 aliphatic rings. The van der Waals surface area contributed by atoms with Crippen molar-refractivity contribution < 1.29 is 31.1 Å². The molecule has 10 heteroatoms. The van der Waals surface area contributed by atoms with E-state index in [4.69, 9.17) is 10.5 Å². The van der Waals surface area contributed by atoms with Crippen LogP contribution in [0.25, 0.3) is 0 Å². The molecule has 0 aliphatic carbocycles. The van der Waals surface area contributed by atoms with E-state index in [0.29, 0.717) is 12.8 Å². The van der Waals surface area contributed by atoms with Crippen molar-refractivity contribution in [1.82, 2.24) is 4.31 Å². The van der Waals surface area contributed by atoms with Gasteiger partial charge in [-0.05, 0) is 61.4 Å². The maximum atomic E-state index is 12.7. The van der Waals surface area contributed by atoms with Crippen molar-refractivity contribution in [2.24, 2.45) is 11.7 Å². The summed E-state index contributed by atoms with van der Waals surface area (Å²) in [6.07, 6.45) is -3.67. The summed E-state index contributed by atoms with van der Waals surface area (Å²) in [5.74, 6) is -0.258. The molecule has 2 aromatic rings. The fraction of sp³-hybridized carbons (Fsp3) is 0.316. The Morgan fingerprint density at radius 1 is 0.966 bits per heavy atom. The Morgan fingerprint density at radius 3 is 1.90 bits per heavy atom. The molecule has 0 radical (unpaired) electrons. The summed E-state index contributed by atoms with van der Waals surface area (Å²) in [7, 11) is -3.72. The quantitative estimate of drug-likeness (QED) is 0.791. The number of nitrogens with two attached hydrogens (primary N) is 1. The normalized spacial score (nSPS) is 16.5. The Morgan fingerprint density at radius 2 is 1.45 bits per heavy atom. The molecule has 0 unspecified atom stereocenters. The highest BCUT2D eigenvalue weighted by Crippen LogP contribution is 2.32. The smallest absolute Gasteiger partial charge is 0.416 e. The molecule has 1 saturated heterocycles. The summed E-state index contributed by atoms with van der Waals surface area (Å²) in [5, 5.41) is 0. The number of sulfonamides is 1. The molecular formula is C19H19F3N2O4S. The van der Waals surface area contributed by atoms with E-state index in [9.17, 15) is 26.4 Å². The number of carbonyl (C=O) groups is 1. The first kappa shape index (κ1) is 21.1. The number of primary amides is 1. The van der Waals surface area contributed by atoms with E-state index in [1.165, 1.54) is 40.7 Å². The predicted octanol–water partition coefficient (Wildman–Crippen LogP) is 3.38. The SMILES string of the molecule is NC(=O)C1CCN(S(=O)(=O)c2ccc(Oc3ccc(C(F)(F)F)cc3)cc2)CC1. The molecule has 2 N–H and O–H groups in total. The average Bonchev–Trinajstić information content (AvgIpc) is 2.68. The first-order valence-corrected chi connectivity index (χ1v) is 10.3. The molecular weight excluding hydrogens is 409 g/mol. The van der Waals surface area contributed by atoms with Crippen LogP contribution in [0.3, 0.4) is 0 Å². The fourth-order valence-electron chi connectivity index (χ4n) is 3.06. The van der Waals surface area contributed by atoms with Gasteiger partial charge in [-0.1, -0.05) is 0 Å². The zero-order chi connectivity index (χ0) is 21.2. The number of alkyl halides is 3. The van der Waals surface area contributed by atoms with Gasteiger partial charge >= 0.3 is 6.18 Å². The molecule has 0 saturated carbocycles. The van der Waals surface area contributed by atoms with Gasteiger partial charge in [-0.2, -0.15) is 17.5 Å². The average molecular weight is 428 g/mol. The van der Waals surface area contributed by atoms with E-state index >= 15 is 0 Å². The Hall–Kier alpha value is -2.59. The summed E-state index contributed by atoms with van der Waals surface area (Å²) in [6.45, 7) is 0.416. The molecule has 29 heavy (non-hydrogen) atoms. The minimum Gasteiger partial charge on any atom is -0.457 e. The molecule has 1 fully saturated rings. The van der Waals surface area contributed by atoms with Crippen molar-refractivity contribution in [3.63, 3.8) is 0 Å². The van der Waals surface area contributed by atoms with Gasteiger partial charge in [-0.25, -0.2) is 8.42 Å². The lowest BCUT2D eigenvalue weighted by Crippen LogP contribution is -2.41. The van der Waals surface area contributed by atoms with Crippen LogP contribution in [-0.4, -0.2) is 31.7 Å². The Balaban J connectivity index is 1.67. The van der Waals surface area contributed by atoms with E-state index in [2.05, 4.69) is 0 Å². The summed E-state index contributed by atoms with van der Waals surface area (Å²) in [5.41, 5.74) is 4.48. The number of benzene rings is 2. The van der Waals surface area contributed by atoms with Gasteiger partial charge in [-0.15, -0.1) is 0 Å². The monoisotopic (exact) mass is 428 g/mol. The first-order valence-electron chi connectivity index (χ1n) is 8.82. The molecule has 0 aromatic heterocycles.